The monoisotopic (exact) mass is 487 g/mol. The van der Waals surface area contributed by atoms with Gasteiger partial charge in [-0.3, -0.25) is 14.5 Å². The van der Waals surface area contributed by atoms with Gasteiger partial charge in [0.2, 0.25) is 5.91 Å². The van der Waals surface area contributed by atoms with E-state index in [9.17, 15) is 14.4 Å². The lowest BCUT2D eigenvalue weighted by Gasteiger charge is -2.25. The van der Waals surface area contributed by atoms with Crippen molar-refractivity contribution in [3.8, 4) is 5.75 Å². The van der Waals surface area contributed by atoms with E-state index >= 15 is 0 Å². The molecule has 0 unspecified atom stereocenters. The highest BCUT2D eigenvalue weighted by atomic mass is 16.5. The quantitative estimate of drug-likeness (QED) is 0.517. The van der Waals surface area contributed by atoms with E-state index in [1.54, 1.807) is 21.1 Å². The number of carbonyl (C=O) groups is 3. The lowest BCUT2D eigenvalue weighted by atomic mass is 9.84. The van der Waals surface area contributed by atoms with Gasteiger partial charge in [-0.2, -0.15) is 0 Å². The molecule has 0 radical (unpaired) electrons. The fourth-order valence-electron chi connectivity index (χ4n) is 4.46. The summed E-state index contributed by atoms with van der Waals surface area (Å²) in [4.78, 5) is 41.5. The van der Waals surface area contributed by atoms with Crippen LogP contribution in [0.15, 0.2) is 60.7 Å². The van der Waals surface area contributed by atoms with Gasteiger partial charge in [-0.05, 0) is 58.0 Å². The third-order valence-electron chi connectivity index (χ3n) is 6.85. The number of imide groups is 1. The summed E-state index contributed by atoms with van der Waals surface area (Å²) < 4.78 is 5.27. The van der Waals surface area contributed by atoms with Crippen LogP contribution in [-0.4, -0.2) is 48.3 Å². The van der Waals surface area contributed by atoms with Crippen LogP contribution in [-0.2, 0) is 27.1 Å². The molecule has 0 aliphatic carbocycles. The van der Waals surface area contributed by atoms with Crippen molar-refractivity contribution in [2.24, 2.45) is 0 Å². The molecule has 1 aliphatic rings. The van der Waals surface area contributed by atoms with Crippen molar-refractivity contribution in [3.63, 3.8) is 0 Å². The zero-order chi connectivity index (χ0) is 26.3. The van der Waals surface area contributed by atoms with E-state index in [1.807, 2.05) is 60.7 Å². The van der Waals surface area contributed by atoms with Gasteiger partial charge < -0.3 is 15.0 Å². The van der Waals surface area contributed by atoms with E-state index in [0.717, 1.165) is 32.5 Å². The smallest absolute Gasteiger partial charge is 0.325 e. The maximum atomic E-state index is 13.3. The largest absolute Gasteiger partial charge is 0.497 e. The van der Waals surface area contributed by atoms with E-state index in [2.05, 4.69) is 26.1 Å². The highest BCUT2D eigenvalue weighted by Gasteiger charge is 2.49. The number of fused-ring (bicyclic) bond motifs is 1. The Labute approximate surface area is 212 Å². The van der Waals surface area contributed by atoms with Crippen molar-refractivity contribution >= 4 is 28.6 Å². The molecule has 4 rings (SSSR count). The number of likely N-dealkylation sites (N-methyl/N-ethyl adjacent to an activating group) is 1. The third-order valence-corrected chi connectivity index (χ3v) is 6.85. The Kier molecular flexibility index (Phi) is 6.52. The minimum Gasteiger partial charge on any atom is -0.497 e. The second kappa shape index (κ2) is 9.30. The van der Waals surface area contributed by atoms with Gasteiger partial charge in [-0.25, -0.2) is 4.79 Å². The van der Waals surface area contributed by atoms with Gasteiger partial charge in [0.1, 0.15) is 17.8 Å². The minimum absolute atomic E-state index is 0.0245. The van der Waals surface area contributed by atoms with Crippen molar-refractivity contribution in [2.45, 2.75) is 45.2 Å². The molecule has 1 heterocycles. The molecule has 0 saturated carbocycles. The van der Waals surface area contributed by atoms with Crippen molar-refractivity contribution in [2.75, 3.05) is 20.7 Å². The van der Waals surface area contributed by atoms with E-state index in [1.165, 1.54) is 4.90 Å². The fraction of sp³-hybridized carbons (Fsp3) is 0.345. The summed E-state index contributed by atoms with van der Waals surface area (Å²) in [7, 11) is 3.30. The molecule has 36 heavy (non-hydrogen) atoms. The van der Waals surface area contributed by atoms with E-state index in [4.69, 9.17) is 4.74 Å². The summed E-state index contributed by atoms with van der Waals surface area (Å²) >= 11 is 0. The third kappa shape index (κ3) is 4.78. The minimum atomic E-state index is -1.22. The number of ether oxygens (including phenoxy) is 1. The van der Waals surface area contributed by atoms with Crippen molar-refractivity contribution in [1.82, 2.24) is 15.1 Å². The number of urea groups is 1. The number of hydrogen-bond acceptors (Lipinski definition) is 4. The van der Waals surface area contributed by atoms with Gasteiger partial charge in [-0.1, -0.05) is 63.2 Å². The molecule has 7 nitrogen and oxygen atoms in total. The van der Waals surface area contributed by atoms with Crippen molar-refractivity contribution < 1.29 is 19.1 Å². The Bertz CT molecular complexity index is 1330. The van der Waals surface area contributed by atoms with E-state index < -0.39 is 17.5 Å². The van der Waals surface area contributed by atoms with Crippen LogP contribution in [0.5, 0.6) is 5.75 Å². The Morgan fingerprint density at radius 3 is 2.28 bits per heavy atom. The average Bonchev–Trinajstić information content (AvgIpc) is 3.06. The van der Waals surface area contributed by atoms with Gasteiger partial charge in [0.15, 0.2) is 0 Å². The first kappa shape index (κ1) is 25.2. The van der Waals surface area contributed by atoms with Crippen LogP contribution >= 0.6 is 0 Å². The summed E-state index contributed by atoms with van der Waals surface area (Å²) in [6.45, 7) is 8.07. The predicted molar refractivity (Wildman–Crippen MR) is 140 cm³/mol. The van der Waals surface area contributed by atoms with Gasteiger partial charge in [0.05, 0.1) is 7.11 Å². The molecular formula is C29H33N3O4. The van der Waals surface area contributed by atoms with E-state index in [0.29, 0.717) is 12.1 Å². The summed E-state index contributed by atoms with van der Waals surface area (Å²) in [6.07, 6.45) is 0. The van der Waals surface area contributed by atoms with Crippen molar-refractivity contribution in [1.29, 1.82) is 0 Å². The molecular weight excluding hydrogens is 454 g/mol. The molecule has 1 atom stereocenters. The first-order valence-corrected chi connectivity index (χ1v) is 12.0. The Morgan fingerprint density at radius 1 is 1.00 bits per heavy atom. The molecule has 1 N–H and O–H groups in total. The SMILES string of the molecule is COc1ccc2cc(CN(C)C(=O)CN3C(=O)N[C@@](C)(c4ccc(C(C)(C)C)cc4)C3=O)ccc2c1. The topological polar surface area (TPSA) is 79.0 Å². The summed E-state index contributed by atoms with van der Waals surface area (Å²) in [5, 5.41) is 4.87. The molecule has 0 aromatic heterocycles. The molecule has 3 aromatic carbocycles. The predicted octanol–water partition coefficient (Wildman–Crippen LogP) is 4.57. The number of carbonyl (C=O) groups excluding carboxylic acids is 3. The molecule has 1 fully saturated rings. The Morgan fingerprint density at radius 2 is 1.64 bits per heavy atom. The number of rotatable bonds is 6. The normalized spacial score (nSPS) is 17.9. The number of nitrogens with zero attached hydrogens (tertiary/aromatic N) is 2. The number of nitrogens with one attached hydrogen (secondary N) is 1. The first-order valence-electron chi connectivity index (χ1n) is 12.0. The van der Waals surface area contributed by atoms with Crippen molar-refractivity contribution in [3.05, 3.63) is 77.4 Å². The van der Waals surface area contributed by atoms with Crippen LogP contribution in [0.4, 0.5) is 4.79 Å². The van der Waals surface area contributed by atoms with Gasteiger partial charge in [0.25, 0.3) is 5.91 Å². The molecule has 0 spiro atoms. The highest BCUT2D eigenvalue weighted by Crippen LogP contribution is 2.31. The lowest BCUT2D eigenvalue weighted by molar-refractivity contribution is -0.138. The van der Waals surface area contributed by atoms with Crippen LogP contribution in [0.2, 0.25) is 0 Å². The Hall–Kier alpha value is -3.87. The standard InChI is InChI=1S/C29H33N3O4/c1-28(2,3)22-10-12-23(13-11-22)29(4)26(34)32(27(35)30-29)18-25(33)31(5)17-19-7-8-21-16-24(36-6)14-9-20(21)15-19/h7-16H,17-18H2,1-6H3,(H,30,35)/t29-/m0/s1. The summed E-state index contributed by atoms with van der Waals surface area (Å²) in [5.41, 5.74) is 1.53. The molecule has 0 bridgehead atoms. The second-order valence-electron chi connectivity index (χ2n) is 10.6. The molecule has 1 aliphatic heterocycles. The average molecular weight is 488 g/mol. The molecule has 4 amide bonds. The van der Waals surface area contributed by atoms with Crippen LogP contribution in [0.1, 0.15) is 44.4 Å². The number of hydrogen-bond donors (Lipinski definition) is 1. The number of methoxy groups -OCH3 is 1. The Balaban J connectivity index is 1.45. The number of amides is 4. The van der Waals surface area contributed by atoms with Gasteiger partial charge >= 0.3 is 6.03 Å². The van der Waals surface area contributed by atoms with Crippen LogP contribution in [0, 0.1) is 0 Å². The molecule has 7 heteroatoms. The molecule has 3 aromatic rings. The first-order chi connectivity index (χ1) is 16.9. The van der Waals surface area contributed by atoms with Crippen LogP contribution in [0.25, 0.3) is 10.8 Å². The summed E-state index contributed by atoms with van der Waals surface area (Å²) in [5.74, 6) is 0.0336. The zero-order valence-corrected chi connectivity index (χ0v) is 21.7. The maximum Gasteiger partial charge on any atom is 0.325 e. The maximum absolute atomic E-state index is 13.3. The van der Waals surface area contributed by atoms with Gasteiger partial charge in [-0.15, -0.1) is 0 Å². The lowest BCUT2D eigenvalue weighted by Crippen LogP contribution is -2.43. The second-order valence-corrected chi connectivity index (χ2v) is 10.6. The molecule has 188 valence electrons. The number of benzene rings is 3. The van der Waals surface area contributed by atoms with E-state index in [-0.39, 0.29) is 17.9 Å². The van der Waals surface area contributed by atoms with Crippen LogP contribution in [0.3, 0.4) is 0 Å². The fourth-order valence-corrected chi connectivity index (χ4v) is 4.46. The molecule has 1 saturated heterocycles. The highest BCUT2D eigenvalue weighted by molar-refractivity contribution is 6.09. The van der Waals surface area contributed by atoms with Crippen LogP contribution < -0.4 is 10.1 Å². The zero-order valence-electron chi connectivity index (χ0n) is 21.7. The summed E-state index contributed by atoms with van der Waals surface area (Å²) in [6, 6.07) is 18.9. The van der Waals surface area contributed by atoms with Gasteiger partial charge in [0, 0.05) is 13.6 Å².